The first-order valence-corrected chi connectivity index (χ1v) is 10.5. The average molecular weight is 396 g/mol. The van der Waals surface area contributed by atoms with E-state index in [-0.39, 0.29) is 4.90 Å². The number of anilines is 1. The predicted molar refractivity (Wildman–Crippen MR) is 109 cm³/mol. The molecule has 0 aliphatic heterocycles. The molecule has 0 bridgehead atoms. The molecule has 0 amide bonds. The van der Waals surface area contributed by atoms with Crippen LogP contribution in [0.4, 0.5) is 5.69 Å². The molecule has 0 atom stereocenters. The van der Waals surface area contributed by atoms with Crippen LogP contribution in [-0.4, -0.2) is 20.5 Å². The van der Waals surface area contributed by atoms with Crippen molar-refractivity contribution in [3.05, 3.63) is 72.8 Å². The van der Waals surface area contributed by atoms with Crippen molar-refractivity contribution in [2.75, 3.05) is 11.8 Å². The largest absolute Gasteiger partial charge is 0.497 e. The summed E-state index contributed by atoms with van der Waals surface area (Å²) in [7, 11) is -2.19. The van der Waals surface area contributed by atoms with Gasteiger partial charge in [-0.1, -0.05) is 24.3 Å². The Morgan fingerprint density at radius 2 is 1.63 bits per heavy atom. The van der Waals surface area contributed by atoms with E-state index in [0.717, 1.165) is 20.8 Å². The molecule has 0 saturated heterocycles. The molecule has 0 radical (unpaired) electrons. The van der Waals surface area contributed by atoms with E-state index < -0.39 is 10.0 Å². The highest BCUT2D eigenvalue weighted by atomic mass is 32.2. The highest BCUT2D eigenvalue weighted by molar-refractivity contribution is 7.92. The fraction of sp³-hybridized carbons (Fsp3) is 0.0500. The van der Waals surface area contributed by atoms with Gasteiger partial charge in [0.1, 0.15) is 10.8 Å². The number of nitrogens with zero attached hydrogens (tertiary/aromatic N) is 1. The van der Waals surface area contributed by atoms with Gasteiger partial charge >= 0.3 is 0 Å². The zero-order valence-electron chi connectivity index (χ0n) is 14.4. The summed E-state index contributed by atoms with van der Waals surface area (Å²) in [5.74, 6) is 0.601. The zero-order chi connectivity index (χ0) is 18.9. The molecule has 0 fully saturated rings. The Kier molecular flexibility index (Phi) is 4.55. The van der Waals surface area contributed by atoms with Crippen molar-refractivity contribution >= 4 is 37.3 Å². The topological polar surface area (TPSA) is 68.3 Å². The van der Waals surface area contributed by atoms with E-state index in [1.54, 1.807) is 24.3 Å². The lowest BCUT2D eigenvalue weighted by Gasteiger charge is -2.11. The van der Waals surface area contributed by atoms with Crippen molar-refractivity contribution in [2.24, 2.45) is 0 Å². The summed E-state index contributed by atoms with van der Waals surface area (Å²) >= 11 is 1.53. The first kappa shape index (κ1) is 17.5. The second-order valence-electron chi connectivity index (χ2n) is 5.81. The lowest BCUT2D eigenvalue weighted by Crippen LogP contribution is -2.13. The van der Waals surface area contributed by atoms with Gasteiger partial charge in [-0.05, 0) is 48.5 Å². The number of hydrogen-bond donors (Lipinski definition) is 1. The second-order valence-corrected chi connectivity index (χ2v) is 8.53. The zero-order valence-corrected chi connectivity index (χ0v) is 16.0. The van der Waals surface area contributed by atoms with Gasteiger partial charge in [0.05, 0.1) is 27.9 Å². The standard InChI is InChI=1S/C20H16N2O3S2/c1-25-14-10-12-15(13-11-14)27(23,24)22-17-7-3-2-6-16(17)20-21-18-8-4-5-9-19(18)26-20/h2-13,22H,1H3. The summed E-state index contributed by atoms with van der Waals surface area (Å²) in [4.78, 5) is 4.81. The maximum atomic E-state index is 12.8. The number of para-hydroxylation sites is 2. The number of methoxy groups -OCH3 is 1. The van der Waals surface area contributed by atoms with E-state index >= 15 is 0 Å². The van der Waals surface area contributed by atoms with Crippen LogP contribution in [0, 0.1) is 0 Å². The summed E-state index contributed by atoms with van der Waals surface area (Å²) in [6, 6.07) is 21.4. The van der Waals surface area contributed by atoms with Crippen LogP contribution in [0.3, 0.4) is 0 Å². The lowest BCUT2D eigenvalue weighted by molar-refractivity contribution is 0.414. The molecule has 0 saturated carbocycles. The van der Waals surface area contributed by atoms with Crippen LogP contribution < -0.4 is 9.46 Å². The van der Waals surface area contributed by atoms with E-state index in [1.807, 2.05) is 36.4 Å². The number of sulfonamides is 1. The fourth-order valence-corrected chi connectivity index (χ4v) is 4.79. The third-order valence-electron chi connectivity index (χ3n) is 4.07. The Morgan fingerprint density at radius 3 is 2.37 bits per heavy atom. The van der Waals surface area contributed by atoms with Crippen LogP contribution in [0.2, 0.25) is 0 Å². The molecular formula is C20H16N2O3S2. The minimum atomic E-state index is -3.73. The fourth-order valence-electron chi connectivity index (χ4n) is 2.70. The summed E-state index contributed by atoms with van der Waals surface area (Å²) in [5, 5.41) is 0.768. The summed E-state index contributed by atoms with van der Waals surface area (Å²) in [6.45, 7) is 0. The number of benzene rings is 3. The molecule has 1 N–H and O–H groups in total. The van der Waals surface area contributed by atoms with E-state index in [2.05, 4.69) is 9.71 Å². The molecule has 4 aromatic rings. The minimum Gasteiger partial charge on any atom is -0.497 e. The van der Waals surface area contributed by atoms with Crippen molar-refractivity contribution in [3.8, 4) is 16.3 Å². The number of ether oxygens (including phenoxy) is 1. The highest BCUT2D eigenvalue weighted by Gasteiger charge is 2.18. The van der Waals surface area contributed by atoms with Gasteiger partial charge in [0.2, 0.25) is 0 Å². The molecule has 5 nitrogen and oxygen atoms in total. The van der Waals surface area contributed by atoms with Gasteiger partial charge in [-0.3, -0.25) is 4.72 Å². The molecule has 27 heavy (non-hydrogen) atoms. The van der Waals surface area contributed by atoms with E-state index in [1.165, 1.54) is 30.6 Å². The summed E-state index contributed by atoms with van der Waals surface area (Å²) < 4.78 is 34.4. The van der Waals surface area contributed by atoms with Crippen molar-refractivity contribution < 1.29 is 13.2 Å². The predicted octanol–water partition coefficient (Wildman–Crippen LogP) is 4.77. The smallest absolute Gasteiger partial charge is 0.261 e. The van der Waals surface area contributed by atoms with Crippen LogP contribution in [0.25, 0.3) is 20.8 Å². The van der Waals surface area contributed by atoms with Crippen molar-refractivity contribution in [1.29, 1.82) is 0 Å². The Bertz CT molecular complexity index is 1170. The highest BCUT2D eigenvalue weighted by Crippen LogP contribution is 2.35. The maximum absolute atomic E-state index is 12.8. The number of hydrogen-bond acceptors (Lipinski definition) is 5. The number of aromatic nitrogens is 1. The number of thiazole rings is 1. The van der Waals surface area contributed by atoms with Gasteiger partial charge < -0.3 is 4.74 Å². The summed E-state index contributed by atoms with van der Waals surface area (Å²) in [5.41, 5.74) is 2.13. The quantitative estimate of drug-likeness (QED) is 0.527. The van der Waals surface area contributed by atoms with E-state index in [0.29, 0.717) is 11.4 Å². The third kappa shape index (κ3) is 3.51. The van der Waals surface area contributed by atoms with Crippen molar-refractivity contribution in [1.82, 2.24) is 4.98 Å². The van der Waals surface area contributed by atoms with Gasteiger partial charge in [-0.15, -0.1) is 11.3 Å². The van der Waals surface area contributed by atoms with Gasteiger partial charge in [-0.2, -0.15) is 0 Å². The summed E-state index contributed by atoms with van der Waals surface area (Å²) in [6.07, 6.45) is 0. The minimum absolute atomic E-state index is 0.169. The first-order valence-electron chi connectivity index (χ1n) is 8.19. The van der Waals surface area contributed by atoms with Gasteiger partial charge in [0.15, 0.2) is 0 Å². The number of rotatable bonds is 5. The van der Waals surface area contributed by atoms with Crippen LogP contribution in [-0.2, 0) is 10.0 Å². The Morgan fingerprint density at radius 1 is 0.926 bits per heavy atom. The second kappa shape index (κ2) is 7.02. The normalized spacial score (nSPS) is 11.4. The first-order chi connectivity index (χ1) is 13.1. The molecular weight excluding hydrogens is 380 g/mol. The molecule has 1 heterocycles. The molecule has 3 aromatic carbocycles. The van der Waals surface area contributed by atoms with Crippen LogP contribution in [0.5, 0.6) is 5.75 Å². The molecule has 1 aromatic heterocycles. The van der Waals surface area contributed by atoms with E-state index in [4.69, 9.17) is 4.74 Å². The SMILES string of the molecule is COc1ccc(S(=O)(=O)Nc2ccccc2-c2nc3ccccc3s2)cc1. The third-order valence-corrected chi connectivity index (χ3v) is 6.52. The van der Waals surface area contributed by atoms with Crippen LogP contribution in [0.1, 0.15) is 0 Å². The monoisotopic (exact) mass is 396 g/mol. The van der Waals surface area contributed by atoms with Crippen molar-refractivity contribution in [3.63, 3.8) is 0 Å². The van der Waals surface area contributed by atoms with Gasteiger partial charge in [0.25, 0.3) is 10.0 Å². The maximum Gasteiger partial charge on any atom is 0.261 e. The number of fused-ring (bicyclic) bond motifs is 1. The van der Waals surface area contributed by atoms with Gasteiger partial charge in [0, 0.05) is 5.56 Å². The van der Waals surface area contributed by atoms with Crippen molar-refractivity contribution in [2.45, 2.75) is 4.90 Å². The van der Waals surface area contributed by atoms with Gasteiger partial charge in [-0.25, -0.2) is 13.4 Å². The Labute approximate surface area is 161 Å². The molecule has 0 aliphatic carbocycles. The molecule has 0 spiro atoms. The molecule has 0 aliphatic rings. The average Bonchev–Trinajstić information content (AvgIpc) is 3.12. The van der Waals surface area contributed by atoms with E-state index in [9.17, 15) is 8.42 Å². The van der Waals surface area contributed by atoms with Crippen LogP contribution >= 0.6 is 11.3 Å². The Balaban J connectivity index is 1.72. The number of nitrogens with one attached hydrogen (secondary N) is 1. The molecule has 0 unspecified atom stereocenters. The Hall–Kier alpha value is -2.90. The molecule has 136 valence electrons. The molecule has 4 rings (SSSR count). The molecule has 7 heteroatoms. The van der Waals surface area contributed by atoms with Crippen LogP contribution in [0.15, 0.2) is 77.7 Å². The lowest BCUT2D eigenvalue weighted by atomic mass is 10.2.